The average Bonchev–Trinajstić information content (AvgIpc) is 2.00. The van der Waals surface area contributed by atoms with E-state index in [9.17, 15) is 4.79 Å². The second kappa shape index (κ2) is 6.89. The zero-order valence-corrected chi connectivity index (χ0v) is 8.10. The predicted octanol–water partition coefficient (Wildman–Crippen LogP) is 2.11. The van der Waals surface area contributed by atoms with Crippen LogP contribution in [0.4, 0.5) is 0 Å². The van der Waals surface area contributed by atoms with Crippen molar-refractivity contribution in [3.63, 3.8) is 0 Å². The zero-order chi connectivity index (χ0) is 9.40. The van der Waals surface area contributed by atoms with Gasteiger partial charge < -0.3 is 10.1 Å². The normalized spacial score (nSPS) is 9.92. The number of aldehydes is 1. The second-order valence-electron chi connectivity index (χ2n) is 3.42. The Morgan fingerprint density at radius 1 is 1.58 bits per heavy atom. The van der Waals surface area contributed by atoms with E-state index in [1.165, 1.54) is 0 Å². The van der Waals surface area contributed by atoms with Crippen molar-refractivity contribution in [3.8, 4) is 0 Å². The van der Waals surface area contributed by atoms with E-state index >= 15 is 0 Å². The Balaban J connectivity index is 3.25. The Morgan fingerprint density at radius 3 is 2.75 bits per heavy atom. The van der Waals surface area contributed by atoms with Crippen LogP contribution in [0.1, 0.15) is 33.1 Å². The van der Waals surface area contributed by atoms with Crippen molar-refractivity contribution in [1.29, 1.82) is 0 Å². The molecule has 0 unspecified atom stereocenters. The summed E-state index contributed by atoms with van der Waals surface area (Å²) in [6, 6.07) is 0. The summed E-state index contributed by atoms with van der Waals surface area (Å²) in [6.07, 6.45) is 3.42. The molecule has 2 nitrogen and oxygen atoms in total. The Morgan fingerprint density at radius 2 is 2.25 bits per heavy atom. The second-order valence-corrected chi connectivity index (χ2v) is 3.42. The van der Waals surface area contributed by atoms with E-state index in [4.69, 9.17) is 0 Å². The van der Waals surface area contributed by atoms with Gasteiger partial charge >= 0.3 is 0 Å². The number of rotatable bonds is 7. The van der Waals surface area contributed by atoms with Crippen molar-refractivity contribution in [3.05, 3.63) is 12.3 Å². The fourth-order valence-corrected chi connectivity index (χ4v) is 0.859. The molecule has 0 rings (SSSR count). The molecule has 0 heterocycles. The van der Waals surface area contributed by atoms with Crippen LogP contribution in [0.15, 0.2) is 12.3 Å². The number of nitrogens with one attached hydrogen (secondary N) is 1. The molecule has 0 atom stereocenters. The van der Waals surface area contributed by atoms with Crippen molar-refractivity contribution < 1.29 is 4.79 Å². The van der Waals surface area contributed by atoms with Crippen LogP contribution >= 0.6 is 0 Å². The first-order valence-electron chi connectivity index (χ1n) is 4.52. The van der Waals surface area contributed by atoms with E-state index in [0.29, 0.717) is 6.42 Å². The molecule has 0 fully saturated rings. The minimum atomic E-state index is 0.577. The number of hydrogen-bond acceptors (Lipinski definition) is 2. The summed E-state index contributed by atoms with van der Waals surface area (Å²) in [5, 5.41) is 3.20. The fraction of sp³-hybridized carbons (Fsp3) is 0.700. The molecule has 2 heteroatoms. The molecule has 12 heavy (non-hydrogen) atoms. The predicted molar refractivity (Wildman–Crippen MR) is 51.9 cm³/mol. The average molecular weight is 169 g/mol. The molecule has 0 radical (unpaired) electrons. The Labute approximate surface area is 75.0 Å². The first-order chi connectivity index (χ1) is 5.66. The monoisotopic (exact) mass is 169 g/mol. The topological polar surface area (TPSA) is 29.1 Å². The van der Waals surface area contributed by atoms with Gasteiger partial charge in [-0.1, -0.05) is 20.4 Å². The Kier molecular flexibility index (Phi) is 6.44. The third kappa shape index (κ3) is 7.32. The smallest absolute Gasteiger partial charge is 0.120 e. The van der Waals surface area contributed by atoms with Gasteiger partial charge in [0.2, 0.25) is 0 Å². The van der Waals surface area contributed by atoms with Gasteiger partial charge in [0.05, 0.1) is 0 Å². The largest absolute Gasteiger partial charge is 0.389 e. The summed E-state index contributed by atoms with van der Waals surface area (Å²) < 4.78 is 0. The summed E-state index contributed by atoms with van der Waals surface area (Å²) in [4.78, 5) is 10.0. The van der Waals surface area contributed by atoms with Crippen LogP contribution in [0.25, 0.3) is 0 Å². The molecule has 70 valence electrons. The van der Waals surface area contributed by atoms with Gasteiger partial charge in [0.25, 0.3) is 0 Å². The lowest BCUT2D eigenvalue weighted by Gasteiger charge is -2.09. The van der Waals surface area contributed by atoms with Gasteiger partial charge in [0.15, 0.2) is 0 Å². The van der Waals surface area contributed by atoms with Crippen LogP contribution in [0.5, 0.6) is 0 Å². The summed E-state index contributed by atoms with van der Waals surface area (Å²) in [5.74, 6) is 0.719. The highest BCUT2D eigenvalue weighted by atomic mass is 16.1. The molecular formula is C10H19NO. The van der Waals surface area contributed by atoms with Gasteiger partial charge in [-0.25, -0.2) is 0 Å². The SMILES string of the molecule is C=C(CCC=O)NCCC(C)C. The van der Waals surface area contributed by atoms with Crippen LogP contribution < -0.4 is 5.32 Å². The minimum absolute atomic E-state index is 0.577. The molecule has 0 aliphatic heterocycles. The van der Waals surface area contributed by atoms with E-state index in [1.807, 2.05) is 0 Å². The number of carbonyl (C=O) groups excluding carboxylic acids is 1. The molecule has 0 aromatic carbocycles. The zero-order valence-electron chi connectivity index (χ0n) is 8.10. The molecule has 0 bridgehead atoms. The van der Waals surface area contributed by atoms with Crippen LogP contribution in [0.2, 0.25) is 0 Å². The van der Waals surface area contributed by atoms with E-state index in [1.54, 1.807) is 0 Å². The highest BCUT2D eigenvalue weighted by Gasteiger charge is 1.95. The molecule has 0 saturated carbocycles. The van der Waals surface area contributed by atoms with Gasteiger partial charge in [0.1, 0.15) is 6.29 Å². The number of carbonyl (C=O) groups is 1. The van der Waals surface area contributed by atoms with E-state index < -0.39 is 0 Å². The number of hydrogen-bond donors (Lipinski definition) is 1. The van der Waals surface area contributed by atoms with Gasteiger partial charge in [-0.15, -0.1) is 0 Å². The maximum Gasteiger partial charge on any atom is 0.120 e. The van der Waals surface area contributed by atoms with Crippen LogP contribution in [0, 0.1) is 5.92 Å². The van der Waals surface area contributed by atoms with Crippen molar-refractivity contribution in [2.75, 3.05) is 6.54 Å². The quantitative estimate of drug-likeness (QED) is 0.591. The van der Waals surface area contributed by atoms with Gasteiger partial charge in [-0.2, -0.15) is 0 Å². The summed E-state index contributed by atoms with van der Waals surface area (Å²) in [6.45, 7) is 9.17. The van der Waals surface area contributed by atoms with Gasteiger partial charge in [0, 0.05) is 18.7 Å². The van der Waals surface area contributed by atoms with Crippen molar-refractivity contribution in [2.45, 2.75) is 33.1 Å². The maximum absolute atomic E-state index is 10.0. The fourth-order valence-electron chi connectivity index (χ4n) is 0.859. The lowest BCUT2D eigenvalue weighted by molar-refractivity contribution is -0.107. The number of allylic oxidation sites excluding steroid dienone is 1. The molecular weight excluding hydrogens is 150 g/mol. The summed E-state index contributed by atoms with van der Waals surface area (Å²) in [5.41, 5.74) is 0.975. The van der Waals surface area contributed by atoms with Crippen LogP contribution in [-0.2, 0) is 4.79 Å². The van der Waals surface area contributed by atoms with E-state index in [2.05, 4.69) is 25.7 Å². The molecule has 0 amide bonds. The lowest BCUT2D eigenvalue weighted by Crippen LogP contribution is -2.15. The van der Waals surface area contributed by atoms with Gasteiger partial charge in [-0.05, 0) is 18.8 Å². The van der Waals surface area contributed by atoms with E-state index in [0.717, 1.165) is 37.3 Å². The molecule has 0 aliphatic rings. The molecule has 1 N–H and O–H groups in total. The summed E-state index contributed by atoms with van der Waals surface area (Å²) >= 11 is 0. The third-order valence-electron chi connectivity index (χ3n) is 1.66. The molecule has 0 spiro atoms. The first kappa shape index (κ1) is 11.2. The highest BCUT2D eigenvalue weighted by molar-refractivity contribution is 5.49. The molecule has 0 aromatic rings. The highest BCUT2D eigenvalue weighted by Crippen LogP contribution is 2.00. The van der Waals surface area contributed by atoms with Crippen molar-refractivity contribution in [1.82, 2.24) is 5.32 Å². The van der Waals surface area contributed by atoms with Crippen LogP contribution in [-0.4, -0.2) is 12.8 Å². The summed E-state index contributed by atoms with van der Waals surface area (Å²) in [7, 11) is 0. The molecule has 0 aliphatic carbocycles. The van der Waals surface area contributed by atoms with Gasteiger partial charge in [-0.3, -0.25) is 0 Å². The minimum Gasteiger partial charge on any atom is -0.389 e. The molecule has 0 saturated heterocycles. The first-order valence-corrected chi connectivity index (χ1v) is 4.52. The van der Waals surface area contributed by atoms with E-state index in [-0.39, 0.29) is 0 Å². The lowest BCUT2D eigenvalue weighted by atomic mass is 10.1. The van der Waals surface area contributed by atoms with Crippen molar-refractivity contribution in [2.24, 2.45) is 5.92 Å². The molecule has 0 aromatic heterocycles. The Hall–Kier alpha value is -0.790. The standard InChI is InChI=1S/C10H19NO/c1-9(2)6-7-11-10(3)5-4-8-12/h8-9,11H,3-7H2,1-2H3. The maximum atomic E-state index is 10.0. The van der Waals surface area contributed by atoms with Crippen LogP contribution in [0.3, 0.4) is 0 Å². The Bertz CT molecular complexity index is 141. The van der Waals surface area contributed by atoms with Crippen molar-refractivity contribution >= 4 is 6.29 Å². The third-order valence-corrected chi connectivity index (χ3v) is 1.66.